The van der Waals surface area contributed by atoms with Crippen molar-refractivity contribution in [3.05, 3.63) is 28.8 Å². The highest BCUT2D eigenvalue weighted by Crippen LogP contribution is 2.08. The summed E-state index contributed by atoms with van der Waals surface area (Å²) in [6.07, 6.45) is 5.44. The van der Waals surface area contributed by atoms with Gasteiger partial charge in [0.1, 0.15) is 11.8 Å². The maximum Gasteiger partial charge on any atom is 0.336 e. The van der Waals surface area contributed by atoms with Gasteiger partial charge in [0.15, 0.2) is 5.76 Å². The van der Waals surface area contributed by atoms with E-state index in [9.17, 15) is 4.79 Å². The molecule has 0 unspecified atom stereocenters. The number of ether oxygens (including phenoxy) is 1. The van der Waals surface area contributed by atoms with E-state index < -0.39 is 5.97 Å². The van der Waals surface area contributed by atoms with Crippen LogP contribution in [0.5, 0.6) is 0 Å². The molecule has 0 spiro atoms. The lowest BCUT2D eigenvalue weighted by molar-refractivity contribution is -0.133. The predicted octanol–water partition coefficient (Wildman–Crippen LogP) is 1.80. The minimum atomic E-state index is -0.397. The van der Waals surface area contributed by atoms with Crippen LogP contribution in [0.15, 0.2) is 29.0 Å². The van der Waals surface area contributed by atoms with E-state index in [1.54, 1.807) is 13.1 Å². The molecule has 0 aliphatic carbocycles. The van der Waals surface area contributed by atoms with Gasteiger partial charge >= 0.3 is 12.0 Å². The van der Waals surface area contributed by atoms with Crippen LogP contribution in [0.2, 0.25) is 0 Å². The summed E-state index contributed by atoms with van der Waals surface area (Å²) in [5, 5.41) is 0. The minimum absolute atomic E-state index is 0.393. The predicted molar refractivity (Wildman–Crippen MR) is 59.1 cm³/mol. The number of nitrogens with zero attached hydrogens (tertiary/aromatic N) is 2. The normalized spacial score (nSPS) is 20.0. The third-order valence-electron chi connectivity index (χ3n) is 1.70. The van der Waals surface area contributed by atoms with Gasteiger partial charge in [-0.2, -0.15) is 0 Å². The van der Waals surface area contributed by atoms with Gasteiger partial charge in [0.05, 0.1) is 0 Å². The van der Waals surface area contributed by atoms with E-state index in [4.69, 9.17) is 4.74 Å². The summed E-state index contributed by atoms with van der Waals surface area (Å²) in [5.74, 6) is -0.00389. The van der Waals surface area contributed by atoms with E-state index in [-0.39, 0.29) is 0 Å². The van der Waals surface area contributed by atoms with Crippen molar-refractivity contribution in [1.29, 1.82) is 0 Å². The van der Waals surface area contributed by atoms with Crippen LogP contribution in [-0.4, -0.2) is 25.3 Å². The maximum absolute atomic E-state index is 11.0. The number of carbonyl (C=O) groups excluding carboxylic acids is 1. The molecule has 0 saturated heterocycles. The van der Waals surface area contributed by atoms with Gasteiger partial charge in [-0.15, -0.1) is 0 Å². The lowest BCUT2D eigenvalue weighted by Crippen LogP contribution is -2.14. The second-order valence-electron chi connectivity index (χ2n) is 2.88. The zero-order valence-corrected chi connectivity index (χ0v) is 8.86. The number of carbonyl (C=O) groups is 1. The Labute approximate surface area is 88.8 Å². The SMILES string of the molecule is CCC[N+]#C/C=C1/OC(=O)C=CC1=NC. The highest BCUT2D eigenvalue weighted by atomic mass is 16.5. The highest BCUT2D eigenvalue weighted by molar-refractivity contribution is 6.13. The van der Waals surface area contributed by atoms with Crippen LogP contribution in [0.1, 0.15) is 13.3 Å². The van der Waals surface area contributed by atoms with Crippen LogP contribution in [0.4, 0.5) is 0 Å². The molecule has 0 aromatic rings. The molecule has 4 heteroatoms. The van der Waals surface area contributed by atoms with E-state index in [1.165, 1.54) is 12.2 Å². The molecule has 0 aromatic heterocycles. The number of allylic oxidation sites excluding steroid dienone is 2. The summed E-state index contributed by atoms with van der Waals surface area (Å²) in [5.41, 5.74) is 0.619. The van der Waals surface area contributed by atoms with Gasteiger partial charge in [0, 0.05) is 19.5 Å². The lowest BCUT2D eigenvalue weighted by Gasteiger charge is -2.08. The number of esters is 1. The highest BCUT2D eigenvalue weighted by Gasteiger charge is 2.15. The Morgan fingerprint density at radius 1 is 1.60 bits per heavy atom. The van der Waals surface area contributed by atoms with Crippen molar-refractivity contribution in [3.63, 3.8) is 0 Å². The van der Waals surface area contributed by atoms with E-state index in [0.717, 1.165) is 6.42 Å². The zero-order valence-electron chi connectivity index (χ0n) is 8.86. The molecule has 0 atom stereocenters. The number of hydrogen-bond acceptors (Lipinski definition) is 3. The molecule has 0 amide bonds. The summed E-state index contributed by atoms with van der Waals surface area (Å²) in [4.78, 5) is 18.9. The molecular formula is C11H13N2O2+. The average Bonchev–Trinajstić information content (AvgIpc) is 2.25. The van der Waals surface area contributed by atoms with E-state index >= 15 is 0 Å². The second-order valence-corrected chi connectivity index (χ2v) is 2.88. The van der Waals surface area contributed by atoms with Crippen molar-refractivity contribution in [2.24, 2.45) is 4.99 Å². The fourth-order valence-electron chi connectivity index (χ4n) is 0.993. The molecule has 0 fully saturated rings. The van der Waals surface area contributed by atoms with E-state index in [0.29, 0.717) is 18.0 Å². The molecular weight excluding hydrogens is 192 g/mol. The molecule has 1 heterocycles. The van der Waals surface area contributed by atoms with Crippen molar-refractivity contribution in [2.45, 2.75) is 13.3 Å². The van der Waals surface area contributed by atoms with Gasteiger partial charge in [-0.1, -0.05) is 11.8 Å². The van der Waals surface area contributed by atoms with Crippen LogP contribution in [0.3, 0.4) is 0 Å². The fourth-order valence-corrected chi connectivity index (χ4v) is 0.993. The molecule has 0 aromatic carbocycles. The summed E-state index contributed by atoms with van der Waals surface area (Å²) >= 11 is 0. The molecule has 78 valence electrons. The standard InChI is InChI=1S/C11H13N2O2/c1-3-7-13-8-6-10-9(12-2)4-5-11(14)15-10/h4-6H,3,7H2,1-2H3/q+1/b10-6+,12-9?. The van der Waals surface area contributed by atoms with Crippen molar-refractivity contribution >= 4 is 11.7 Å². The fraction of sp³-hybridized carbons (Fsp3) is 0.364. The van der Waals surface area contributed by atoms with Crippen LogP contribution in [0, 0.1) is 6.07 Å². The minimum Gasteiger partial charge on any atom is -0.420 e. The van der Waals surface area contributed by atoms with Crippen molar-refractivity contribution in [3.8, 4) is 6.07 Å². The summed E-state index contributed by atoms with van der Waals surface area (Å²) in [6, 6.07) is 2.71. The third kappa shape index (κ3) is 3.39. The molecule has 0 N–H and O–H groups in total. The molecule has 0 bridgehead atoms. The van der Waals surface area contributed by atoms with Gasteiger partial charge in [-0.25, -0.2) is 4.79 Å². The summed E-state index contributed by atoms with van der Waals surface area (Å²) in [6.45, 7) is 2.74. The monoisotopic (exact) mass is 205 g/mol. The zero-order chi connectivity index (χ0) is 11.1. The quantitative estimate of drug-likeness (QED) is 0.484. The summed E-state index contributed by atoms with van der Waals surface area (Å²) < 4.78 is 4.95. The van der Waals surface area contributed by atoms with Crippen molar-refractivity contribution in [1.82, 2.24) is 0 Å². The Morgan fingerprint density at radius 3 is 3.07 bits per heavy atom. The van der Waals surface area contributed by atoms with Gasteiger partial charge < -0.3 is 4.74 Å². The van der Waals surface area contributed by atoms with E-state index in [1.807, 2.05) is 6.92 Å². The first-order valence-electron chi connectivity index (χ1n) is 4.77. The Morgan fingerprint density at radius 2 is 2.40 bits per heavy atom. The molecule has 15 heavy (non-hydrogen) atoms. The molecule has 0 saturated carbocycles. The Hall–Kier alpha value is -1.89. The summed E-state index contributed by atoms with van der Waals surface area (Å²) in [7, 11) is 1.63. The average molecular weight is 205 g/mol. The molecule has 4 nitrogen and oxygen atoms in total. The van der Waals surface area contributed by atoms with Crippen LogP contribution in [-0.2, 0) is 9.53 Å². The number of rotatable bonds is 1. The third-order valence-corrected chi connectivity index (χ3v) is 1.70. The van der Waals surface area contributed by atoms with Gasteiger partial charge in [0.2, 0.25) is 0 Å². The van der Waals surface area contributed by atoms with Crippen molar-refractivity contribution in [2.75, 3.05) is 13.6 Å². The largest absolute Gasteiger partial charge is 0.420 e. The van der Waals surface area contributed by atoms with E-state index in [2.05, 4.69) is 15.9 Å². The number of cyclic esters (lactones) is 1. The van der Waals surface area contributed by atoms with Gasteiger partial charge in [-0.05, 0) is 6.08 Å². The molecule has 0 radical (unpaired) electrons. The number of aliphatic imine (C=N–C) groups is 1. The van der Waals surface area contributed by atoms with Crippen molar-refractivity contribution < 1.29 is 9.53 Å². The Kier molecular flexibility index (Phi) is 4.30. The van der Waals surface area contributed by atoms with Gasteiger partial charge in [-0.3, -0.25) is 4.99 Å². The van der Waals surface area contributed by atoms with Crippen LogP contribution < -0.4 is 0 Å². The number of hydrogen-bond donors (Lipinski definition) is 0. The van der Waals surface area contributed by atoms with Crippen LogP contribution >= 0.6 is 0 Å². The lowest BCUT2D eigenvalue weighted by atomic mass is 10.2. The first kappa shape index (κ1) is 11.2. The first-order valence-corrected chi connectivity index (χ1v) is 4.77. The molecule has 1 aliphatic heterocycles. The van der Waals surface area contributed by atoms with Gasteiger partial charge in [0.25, 0.3) is 6.54 Å². The second kappa shape index (κ2) is 5.76. The Bertz CT molecular complexity index is 395. The van der Waals surface area contributed by atoms with Crippen LogP contribution in [0.25, 0.3) is 4.85 Å². The topological polar surface area (TPSA) is 43.0 Å². The first-order chi connectivity index (χ1) is 7.27. The maximum atomic E-state index is 11.0. The molecule has 1 rings (SSSR count). The molecule has 1 aliphatic rings. The smallest absolute Gasteiger partial charge is 0.336 e. The Balaban J connectivity index is 2.81.